The summed E-state index contributed by atoms with van der Waals surface area (Å²) in [6.45, 7) is 3.14. The molecular formula is C29H34ClN3O5S. The fraction of sp³-hybridized carbons (Fsp3) is 0.310. The van der Waals surface area contributed by atoms with Crippen LogP contribution in [-0.4, -0.2) is 57.1 Å². The normalized spacial score (nSPS) is 12.1. The van der Waals surface area contributed by atoms with Crippen molar-refractivity contribution in [1.82, 2.24) is 10.2 Å². The summed E-state index contributed by atoms with van der Waals surface area (Å²) in [7, 11) is -2.48. The van der Waals surface area contributed by atoms with Crippen LogP contribution in [0.1, 0.15) is 25.0 Å². The van der Waals surface area contributed by atoms with E-state index < -0.39 is 28.5 Å². The number of rotatable bonds is 12. The van der Waals surface area contributed by atoms with E-state index in [2.05, 4.69) is 5.32 Å². The second kappa shape index (κ2) is 13.5. The molecule has 3 rings (SSSR count). The van der Waals surface area contributed by atoms with Gasteiger partial charge in [0.15, 0.2) is 0 Å². The molecule has 10 heteroatoms. The SMILES string of the molecule is COc1ccccc1N(CC(=O)N(Cc1ccccc1Cl)[C@@H](Cc1ccccc1)C(=O)NC(C)C)S(C)(=O)=O. The Balaban J connectivity index is 2.09. The molecule has 3 aromatic carbocycles. The summed E-state index contributed by atoms with van der Waals surface area (Å²) in [4.78, 5) is 29.0. The molecule has 0 heterocycles. The highest BCUT2D eigenvalue weighted by atomic mass is 35.5. The lowest BCUT2D eigenvalue weighted by Crippen LogP contribution is -2.54. The number of halogens is 1. The molecule has 1 atom stereocenters. The van der Waals surface area contributed by atoms with Crippen molar-refractivity contribution >= 4 is 39.1 Å². The summed E-state index contributed by atoms with van der Waals surface area (Å²) in [6, 6.07) is 21.9. The van der Waals surface area contributed by atoms with Crippen molar-refractivity contribution in [2.75, 3.05) is 24.2 Å². The topological polar surface area (TPSA) is 96.0 Å². The number of carbonyl (C=O) groups excluding carboxylic acids is 2. The maximum Gasteiger partial charge on any atom is 0.244 e. The van der Waals surface area contributed by atoms with Gasteiger partial charge in [0, 0.05) is 24.0 Å². The molecule has 0 aromatic heterocycles. The molecule has 0 bridgehead atoms. The second-order valence-corrected chi connectivity index (χ2v) is 11.7. The fourth-order valence-corrected chi connectivity index (χ4v) is 5.22. The molecule has 0 aliphatic carbocycles. The van der Waals surface area contributed by atoms with Crippen molar-refractivity contribution in [3.8, 4) is 5.75 Å². The van der Waals surface area contributed by atoms with Gasteiger partial charge in [-0.3, -0.25) is 13.9 Å². The van der Waals surface area contributed by atoms with E-state index in [4.69, 9.17) is 16.3 Å². The Labute approximate surface area is 235 Å². The monoisotopic (exact) mass is 571 g/mol. The maximum atomic E-state index is 14.1. The Morgan fingerprint density at radius 2 is 1.56 bits per heavy atom. The number of benzene rings is 3. The molecule has 0 fully saturated rings. The number of anilines is 1. The molecule has 39 heavy (non-hydrogen) atoms. The van der Waals surface area contributed by atoms with Crippen LogP contribution in [0.15, 0.2) is 78.9 Å². The van der Waals surface area contributed by atoms with E-state index in [0.717, 1.165) is 16.1 Å². The highest BCUT2D eigenvalue weighted by Crippen LogP contribution is 2.30. The van der Waals surface area contributed by atoms with Gasteiger partial charge in [-0.2, -0.15) is 0 Å². The highest BCUT2D eigenvalue weighted by Gasteiger charge is 2.34. The minimum Gasteiger partial charge on any atom is -0.495 e. The van der Waals surface area contributed by atoms with E-state index in [1.807, 2.05) is 44.2 Å². The second-order valence-electron chi connectivity index (χ2n) is 9.42. The summed E-state index contributed by atoms with van der Waals surface area (Å²) < 4.78 is 32.2. The van der Waals surface area contributed by atoms with Crippen molar-refractivity contribution in [2.24, 2.45) is 0 Å². The van der Waals surface area contributed by atoms with E-state index in [1.165, 1.54) is 12.0 Å². The molecule has 0 saturated heterocycles. The first kappa shape index (κ1) is 30.0. The average Bonchev–Trinajstić information content (AvgIpc) is 2.89. The number of nitrogens with one attached hydrogen (secondary N) is 1. The molecule has 8 nitrogen and oxygen atoms in total. The summed E-state index contributed by atoms with van der Waals surface area (Å²) in [5.41, 5.74) is 1.70. The lowest BCUT2D eigenvalue weighted by molar-refractivity contribution is -0.140. The Kier molecular flexibility index (Phi) is 10.4. The van der Waals surface area contributed by atoms with Crippen LogP contribution in [0.2, 0.25) is 5.02 Å². The Bertz CT molecular complexity index is 1380. The van der Waals surface area contributed by atoms with Crippen LogP contribution in [0.4, 0.5) is 5.69 Å². The van der Waals surface area contributed by atoms with Gasteiger partial charge in [-0.25, -0.2) is 8.42 Å². The summed E-state index contributed by atoms with van der Waals surface area (Å²) in [5, 5.41) is 3.35. The van der Waals surface area contributed by atoms with E-state index >= 15 is 0 Å². The van der Waals surface area contributed by atoms with Gasteiger partial charge in [0.1, 0.15) is 18.3 Å². The lowest BCUT2D eigenvalue weighted by Gasteiger charge is -2.34. The number of ether oxygens (including phenoxy) is 1. The van der Waals surface area contributed by atoms with E-state index in [-0.39, 0.29) is 30.6 Å². The van der Waals surface area contributed by atoms with Crippen LogP contribution >= 0.6 is 11.6 Å². The Morgan fingerprint density at radius 1 is 0.949 bits per heavy atom. The molecule has 2 amide bonds. The van der Waals surface area contributed by atoms with Crippen LogP contribution in [0.25, 0.3) is 0 Å². The van der Waals surface area contributed by atoms with Crippen LogP contribution < -0.4 is 14.4 Å². The van der Waals surface area contributed by atoms with Crippen molar-refractivity contribution in [2.45, 2.75) is 38.9 Å². The number of amides is 2. The van der Waals surface area contributed by atoms with Gasteiger partial charge in [0.2, 0.25) is 21.8 Å². The van der Waals surface area contributed by atoms with Gasteiger partial charge in [-0.05, 0) is 43.2 Å². The van der Waals surface area contributed by atoms with Gasteiger partial charge >= 0.3 is 0 Å². The predicted molar refractivity (Wildman–Crippen MR) is 154 cm³/mol. The third kappa shape index (κ3) is 8.21. The molecule has 3 aromatic rings. The van der Waals surface area contributed by atoms with Gasteiger partial charge in [0.05, 0.1) is 19.1 Å². The van der Waals surface area contributed by atoms with Gasteiger partial charge < -0.3 is 15.0 Å². The van der Waals surface area contributed by atoms with Crippen molar-refractivity contribution in [1.29, 1.82) is 0 Å². The van der Waals surface area contributed by atoms with Gasteiger partial charge in [0.25, 0.3) is 0 Å². The summed E-state index contributed by atoms with van der Waals surface area (Å²) in [6.07, 6.45) is 1.25. The third-order valence-corrected chi connectivity index (χ3v) is 7.53. The molecular weight excluding hydrogens is 538 g/mol. The first-order valence-corrected chi connectivity index (χ1v) is 14.7. The Hall–Kier alpha value is -3.56. The van der Waals surface area contributed by atoms with Gasteiger partial charge in [-0.1, -0.05) is 72.3 Å². The Morgan fingerprint density at radius 3 is 2.18 bits per heavy atom. The van der Waals surface area contributed by atoms with Crippen molar-refractivity contribution < 1.29 is 22.7 Å². The third-order valence-electron chi connectivity index (χ3n) is 6.03. The van der Waals surface area contributed by atoms with Crippen LogP contribution in [0, 0.1) is 0 Å². The van der Waals surface area contributed by atoms with Gasteiger partial charge in [-0.15, -0.1) is 0 Å². The minimum absolute atomic E-state index is 0.00501. The van der Waals surface area contributed by atoms with Crippen molar-refractivity contribution in [3.05, 3.63) is 95.0 Å². The number of sulfonamides is 1. The van der Waals surface area contributed by atoms with E-state index in [9.17, 15) is 18.0 Å². The quantitative estimate of drug-likeness (QED) is 0.350. The smallest absolute Gasteiger partial charge is 0.244 e. The minimum atomic E-state index is -3.90. The zero-order chi connectivity index (χ0) is 28.6. The zero-order valence-corrected chi connectivity index (χ0v) is 24.1. The number of hydrogen-bond donors (Lipinski definition) is 1. The number of carbonyl (C=O) groups is 2. The largest absolute Gasteiger partial charge is 0.495 e. The number of para-hydroxylation sites is 2. The summed E-state index contributed by atoms with van der Waals surface area (Å²) >= 11 is 6.45. The molecule has 0 unspecified atom stereocenters. The number of hydrogen-bond acceptors (Lipinski definition) is 5. The number of nitrogens with zero attached hydrogens (tertiary/aromatic N) is 2. The lowest BCUT2D eigenvalue weighted by atomic mass is 10.0. The number of methoxy groups -OCH3 is 1. The van der Waals surface area contributed by atoms with Crippen LogP contribution in [0.5, 0.6) is 5.75 Å². The molecule has 0 saturated carbocycles. The first-order valence-electron chi connectivity index (χ1n) is 12.5. The molecule has 0 spiro atoms. The highest BCUT2D eigenvalue weighted by molar-refractivity contribution is 7.92. The standard InChI is InChI=1S/C29H34ClN3O5S/c1-21(2)31-29(35)26(18-22-12-6-5-7-13-22)32(19-23-14-8-9-15-24(23)30)28(34)20-33(39(4,36)37)25-16-10-11-17-27(25)38-3/h5-17,21,26H,18-20H2,1-4H3,(H,31,35)/t26-/m0/s1. The molecule has 0 aliphatic rings. The van der Waals surface area contributed by atoms with E-state index in [0.29, 0.717) is 16.3 Å². The molecule has 0 aliphatic heterocycles. The first-order chi connectivity index (χ1) is 18.5. The zero-order valence-electron chi connectivity index (χ0n) is 22.5. The van der Waals surface area contributed by atoms with E-state index in [1.54, 1.807) is 48.5 Å². The molecule has 208 valence electrons. The fourth-order valence-electron chi connectivity index (χ4n) is 4.18. The van der Waals surface area contributed by atoms with Crippen LogP contribution in [-0.2, 0) is 32.6 Å². The maximum absolute atomic E-state index is 14.1. The molecule has 0 radical (unpaired) electrons. The van der Waals surface area contributed by atoms with Crippen LogP contribution in [0.3, 0.4) is 0 Å². The summed E-state index contributed by atoms with van der Waals surface area (Å²) in [5.74, 6) is -0.615. The van der Waals surface area contributed by atoms with Crippen molar-refractivity contribution in [3.63, 3.8) is 0 Å². The average molecular weight is 572 g/mol. The molecule has 1 N–H and O–H groups in total. The predicted octanol–water partition coefficient (Wildman–Crippen LogP) is 4.28.